The molecule has 0 bridgehead atoms. The number of benzene rings is 2. The van der Waals surface area contributed by atoms with Gasteiger partial charge in [-0.1, -0.05) is 36.4 Å². The second-order valence-corrected chi connectivity index (χ2v) is 7.80. The standard InChI is InChI=1S/C26H24N4O3/c1-16-12-21(15-31)22-8-5-7-19(25(22)28-16)13-18-6-3-4-9-23(18)30-26(33)20-10-11-24(27-14-20)29-17(2)32/h3-12,14,31H,13,15H2,1-2H3,(H,30,33)(H,27,29,32). The minimum absolute atomic E-state index is 0.0509. The van der Waals surface area contributed by atoms with Crippen LogP contribution < -0.4 is 10.6 Å². The van der Waals surface area contributed by atoms with E-state index in [4.69, 9.17) is 4.98 Å². The number of aryl methyl sites for hydroxylation is 1. The van der Waals surface area contributed by atoms with Crippen LogP contribution in [0, 0.1) is 6.92 Å². The summed E-state index contributed by atoms with van der Waals surface area (Å²) >= 11 is 0. The van der Waals surface area contributed by atoms with Gasteiger partial charge in [0.25, 0.3) is 5.91 Å². The normalized spacial score (nSPS) is 10.8. The number of hydrogen-bond acceptors (Lipinski definition) is 5. The van der Waals surface area contributed by atoms with Gasteiger partial charge in [-0.05, 0) is 47.9 Å². The summed E-state index contributed by atoms with van der Waals surface area (Å²) < 4.78 is 0. The van der Waals surface area contributed by atoms with Crippen molar-refractivity contribution in [1.29, 1.82) is 0 Å². The third-order valence-electron chi connectivity index (χ3n) is 5.28. The molecule has 3 N–H and O–H groups in total. The Bertz CT molecular complexity index is 1330. The summed E-state index contributed by atoms with van der Waals surface area (Å²) in [5.41, 5.74) is 5.56. The average Bonchev–Trinajstić information content (AvgIpc) is 2.80. The van der Waals surface area contributed by atoms with Crippen LogP contribution in [0.25, 0.3) is 10.9 Å². The predicted molar refractivity (Wildman–Crippen MR) is 128 cm³/mol. The number of aromatic nitrogens is 2. The molecular weight excluding hydrogens is 416 g/mol. The van der Waals surface area contributed by atoms with Crippen LogP contribution in [-0.4, -0.2) is 26.9 Å². The highest BCUT2D eigenvalue weighted by atomic mass is 16.3. The lowest BCUT2D eigenvalue weighted by Crippen LogP contribution is -2.14. The van der Waals surface area contributed by atoms with Crippen molar-refractivity contribution in [2.45, 2.75) is 26.9 Å². The molecule has 0 saturated heterocycles. The van der Waals surface area contributed by atoms with E-state index in [0.29, 0.717) is 23.5 Å². The molecule has 2 aromatic heterocycles. The Kier molecular flexibility index (Phi) is 6.42. The monoisotopic (exact) mass is 440 g/mol. The Hall–Kier alpha value is -4.10. The van der Waals surface area contributed by atoms with E-state index in [9.17, 15) is 14.7 Å². The maximum absolute atomic E-state index is 12.8. The van der Waals surface area contributed by atoms with Crippen molar-refractivity contribution >= 4 is 34.2 Å². The Morgan fingerprint density at radius 3 is 2.45 bits per heavy atom. The molecule has 4 aromatic rings. The van der Waals surface area contributed by atoms with Crippen molar-refractivity contribution in [2.75, 3.05) is 10.6 Å². The molecule has 166 valence electrons. The van der Waals surface area contributed by atoms with E-state index >= 15 is 0 Å². The first-order valence-electron chi connectivity index (χ1n) is 10.6. The molecule has 7 nitrogen and oxygen atoms in total. The number of amides is 2. The average molecular weight is 441 g/mol. The number of carbonyl (C=O) groups is 2. The molecule has 0 aliphatic carbocycles. The maximum atomic E-state index is 12.8. The highest BCUT2D eigenvalue weighted by molar-refractivity contribution is 6.04. The minimum atomic E-state index is -0.293. The summed E-state index contributed by atoms with van der Waals surface area (Å²) in [4.78, 5) is 32.8. The van der Waals surface area contributed by atoms with Crippen molar-refractivity contribution < 1.29 is 14.7 Å². The second kappa shape index (κ2) is 9.58. The Balaban J connectivity index is 1.61. The third-order valence-corrected chi connectivity index (χ3v) is 5.28. The SMILES string of the molecule is CC(=O)Nc1ccc(C(=O)Nc2ccccc2Cc2cccc3c(CO)cc(C)nc23)cn1. The van der Waals surface area contributed by atoms with Gasteiger partial charge in [0.1, 0.15) is 5.82 Å². The smallest absolute Gasteiger partial charge is 0.257 e. The summed E-state index contributed by atoms with van der Waals surface area (Å²) in [5, 5.41) is 16.2. The first kappa shape index (κ1) is 22.1. The largest absolute Gasteiger partial charge is 0.392 e. The number of pyridine rings is 2. The lowest BCUT2D eigenvalue weighted by Gasteiger charge is -2.14. The molecular formula is C26H24N4O3. The van der Waals surface area contributed by atoms with Gasteiger partial charge in [-0.3, -0.25) is 14.6 Å². The summed E-state index contributed by atoms with van der Waals surface area (Å²) in [6, 6.07) is 18.6. The zero-order chi connectivity index (χ0) is 23.4. The maximum Gasteiger partial charge on any atom is 0.257 e. The molecule has 0 unspecified atom stereocenters. The predicted octanol–water partition coefficient (Wildman–Crippen LogP) is 4.23. The number of aliphatic hydroxyl groups excluding tert-OH is 1. The van der Waals surface area contributed by atoms with Crippen molar-refractivity contribution in [3.05, 3.63) is 94.8 Å². The van der Waals surface area contributed by atoms with Crippen LogP contribution in [0.4, 0.5) is 11.5 Å². The van der Waals surface area contributed by atoms with Gasteiger partial charge in [0.05, 0.1) is 17.7 Å². The number of carbonyl (C=O) groups excluding carboxylic acids is 2. The number of anilines is 2. The van der Waals surface area contributed by atoms with Crippen LogP contribution >= 0.6 is 0 Å². The van der Waals surface area contributed by atoms with Crippen LogP contribution in [0.2, 0.25) is 0 Å². The molecule has 2 heterocycles. The van der Waals surface area contributed by atoms with E-state index in [1.54, 1.807) is 12.1 Å². The Labute approximate surface area is 191 Å². The highest BCUT2D eigenvalue weighted by Crippen LogP contribution is 2.26. The van der Waals surface area contributed by atoms with Gasteiger partial charge in [-0.15, -0.1) is 0 Å². The van der Waals surface area contributed by atoms with E-state index in [2.05, 4.69) is 15.6 Å². The topological polar surface area (TPSA) is 104 Å². The third kappa shape index (κ3) is 5.05. The number of nitrogens with zero attached hydrogens (tertiary/aromatic N) is 2. The zero-order valence-corrected chi connectivity index (χ0v) is 18.4. The van der Waals surface area contributed by atoms with Crippen molar-refractivity contribution in [3.8, 4) is 0 Å². The van der Waals surface area contributed by atoms with E-state index in [1.165, 1.54) is 13.1 Å². The zero-order valence-electron chi connectivity index (χ0n) is 18.4. The summed E-state index contributed by atoms with van der Waals surface area (Å²) in [5.74, 6) is -0.128. The van der Waals surface area contributed by atoms with Crippen LogP contribution in [0.3, 0.4) is 0 Å². The molecule has 0 radical (unpaired) electrons. The highest BCUT2D eigenvalue weighted by Gasteiger charge is 2.13. The lowest BCUT2D eigenvalue weighted by atomic mass is 9.98. The lowest BCUT2D eigenvalue weighted by molar-refractivity contribution is -0.114. The molecule has 2 aromatic carbocycles. The first-order valence-corrected chi connectivity index (χ1v) is 10.6. The molecule has 0 saturated carbocycles. The van der Waals surface area contributed by atoms with Gasteiger partial charge in [0, 0.05) is 36.3 Å². The van der Waals surface area contributed by atoms with E-state index in [0.717, 1.165) is 33.3 Å². The number of nitrogens with one attached hydrogen (secondary N) is 2. The van der Waals surface area contributed by atoms with E-state index < -0.39 is 0 Å². The van der Waals surface area contributed by atoms with Crippen LogP contribution in [0.15, 0.2) is 66.9 Å². The van der Waals surface area contributed by atoms with Gasteiger partial charge in [0.15, 0.2) is 0 Å². The summed E-state index contributed by atoms with van der Waals surface area (Å²) in [6.07, 6.45) is 1.99. The minimum Gasteiger partial charge on any atom is -0.392 e. The fourth-order valence-corrected chi connectivity index (χ4v) is 3.77. The van der Waals surface area contributed by atoms with E-state index in [-0.39, 0.29) is 18.4 Å². The number of para-hydroxylation sites is 2. The molecule has 0 atom stereocenters. The van der Waals surface area contributed by atoms with Gasteiger partial charge in [0.2, 0.25) is 5.91 Å². The van der Waals surface area contributed by atoms with Gasteiger partial charge >= 0.3 is 0 Å². The fraction of sp³-hybridized carbons (Fsp3) is 0.154. The summed E-state index contributed by atoms with van der Waals surface area (Å²) in [6.45, 7) is 3.26. The van der Waals surface area contributed by atoms with Crippen LogP contribution in [-0.2, 0) is 17.8 Å². The van der Waals surface area contributed by atoms with Gasteiger partial charge in [-0.25, -0.2) is 4.98 Å². The quantitative estimate of drug-likeness (QED) is 0.416. The first-order chi connectivity index (χ1) is 15.9. The van der Waals surface area contributed by atoms with Crippen LogP contribution in [0.5, 0.6) is 0 Å². The molecule has 0 spiro atoms. The number of hydrogen-bond donors (Lipinski definition) is 3. The van der Waals surface area contributed by atoms with Gasteiger partial charge in [-0.2, -0.15) is 0 Å². The van der Waals surface area contributed by atoms with Crippen LogP contribution in [0.1, 0.15) is 39.7 Å². The van der Waals surface area contributed by atoms with Crippen molar-refractivity contribution in [2.24, 2.45) is 0 Å². The van der Waals surface area contributed by atoms with Crippen molar-refractivity contribution in [3.63, 3.8) is 0 Å². The Morgan fingerprint density at radius 1 is 0.939 bits per heavy atom. The molecule has 0 aliphatic heterocycles. The number of fused-ring (bicyclic) bond motifs is 1. The second-order valence-electron chi connectivity index (χ2n) is 7.80. The van der Waals surface area contributed by atoms with Gasteiger partial charge < -0.3 is 15.7 Å². The fourth-order valence-electron chi connectivity index (χ4n) is 3.77. The summed E-state index contributed by atoms with van der Waals surface area (Å²) in [7, 11) is 0. The molecule has 0 fully saturated rings. The molecule has 4 rings (SSSR count). The van der Waals surface area contributed by atoms with Crippen molar-refractivity contribution in [1.82, 2.24) is 9.97 Å². The Morgan fingerprint density at radius 2 is 1.73 bits per heavy atom. The molecule has 7 heteroatoms. The molecule has 2 amide bonds. The van der Waals surface area contributed by atoms with E-state index in [1.807, 2.05) is 55.5 Å². The number of rotatable bonds is 6. The molecule has 33 heavy (non-hydrogen) atoms. The molecule has 0 aliphatic rings. The number of aliphatic hydroxyl groups is 1.